The summed E-state index contributed by atoms with van der Waals surface area (Å²) in [6, 6.07) is 14.9. The van der Waals surface area contributed by atoms with E-state index >= 15 is 0 Å². The van der Waals surface area contributed by atoms with Gasteiger partial charge in [0.15, 0.2) is 0 Å². The molecular weight excluding hydrogens is 376 g/mol. The van der Waals surface area contributed by atoms with E-state index in [9.17, 15) is 4.79 Å². The number of anilines is 1. The minimum Gasteiger partial charge on any atom is -0.419 e. The molecule has 0 saturated heterocycles. The Morgan fingerprint density at radius 2 is 1.89 bits per heavy atom. The van der Waals surface area contributed by atoms with Crippen molar-refractivity contribution in [1.82, 2.24) is 15.1 Å². The molecule has 1 amide bonds. The number of aromatic nitrogens is 2. The highest BCUT2D eigenvalue weighted by atomic mass is 35.5. The number of para-hydroxylation sites is 1. The molecule has 146 valence electrons. The van der Waals surface area contributed by atoms with Crippen LogP contribution >= 0.6 is 11.6 Å². The van der Waals surface area contributed by atoms with Crippen LogP contribution in [0.5, 0.6) is 0 Å². The summed E-state index contributed by atoms with van der Waals surface area (Å²) in [5.74, 6) is 0.842. The average molecular weight is 399 g/mol. The lowest BCUT2D eigenvalue weighted by atomic mass is 10.2. The van der Waals surface area contributed by atoms with Gasteiger partial charge < -0.3 is 9.73 Å². The van der Waals surface area contributed by atoms with E-state index in [1.807, 2.05) is 48.2 Å². The van der Waals surface area contributed by atoms with Gasteiger partial charge in [-0.05, 0) is 55.8 Å². The first-order chi connectivity index (χ1) is 13.5. The van der Waals surface area contributed by atoms with E-state index < -0.39 is 0 Å². The van der Waals surface area contributed by atoms with Gasteiger partial charge in [0.2, 0.25) is 17.7 Å². The van der Waals surface area contributed by atoms with Gasteiger partial charge >= 0.3 is 0 Å². The highest BCUT2D eigenvalue weighted by Gasteiger charge is 2.16. The van der Waals surface area contributed by atoms with Crippen LogP contribution in [0.25, 0.3) is 11.5 Å². The number of hydrogen-bond acceptors (Lipinski definition) is 5. The minimum atomic E-state index is -0.0693. The molecule has 28 heavy (non-hydrogen) atoms. The molecule has 0 radical (unpaired) electrons. The van der Waals surface area contributed by atoms with Crippen molar-refractivity contribution < 1.29 is 9.21 Å². The van der Waals surface area contributed by atoms with E-state index in [2.05, 4.69) is 22.4 Å². The van der Waals surface area contributed by atoms with Crippen molar-refractivity contribution in [1.29, 1.82) is 0 Å². The van der Waals surface area contributed by atoms with Crippen molar-refractivity contribution in [3.8, 4) is 11.5 Å². The summed E-state index contributed by atoms with van der Waals surface area (Å²) in [5, 5.41) is 11.8. The second kappa shape index (κ2) is 9.48. The molecule has 1 N–H and O–H groups in total. The molecule has 0 spiro atoms. The smallest absolute Gasteiger partial charge is 0.247 e. The van der Waals surface area contributed by atoms with Crippen LogP contribution in [-0.2, 0) is 11.3 Å². The molecule has 0 unspecified atom stereocenters. The van der Waals surface area contributed by atoms with Gasteiger partial charge in [-0.1, -0.05) is 36.7 Å². The van der Waals surface area contributed by atoms with E-state index in [0.717, 1.165) is 29.8 Å². The van der Waals surface area contributed by atoms with Crippen molar-refractivity contribution in [3.63, 3.8) is 0 Å². The monoisotopic (exact) mass is 398 g/mol. The number of rotatable bonds is 8. The number of aryl methyl sites for hydroxylation is 1. The number of carbonyl (C=O) groups is 1. The summed E-state index contributed by atoms with van der Waals surface area (Å²) in [4.78, 5) is 14.5. The molecule has 0 saturated carbocycles. The van der Waals surface area contributed by atoms with E-state index in [-0.39, 0.29) is 12.5 Å². The summed E-state index contributed by atoms with van der Waals surface area (Å²) in [5.41, 5.74) is 2.66. The first-order valence-electron chi connectivity index (χ1n) is 9.21. The Kier molecular flexibility index (Phi) is 6.79. The maximum absolute atomic E-state index is 12.5. The first kappa shape index (κ1) is 20.0. The van der Waals surface area contributed by atoms with Gasteiger partial charge in [-0.3, -0.25) is 9.69 Å². The molecule has 0 atom stereocenters. The van der Waals surface area contributed by atoms with Crippen LogP contribution in [0.3, 0.4) is 0 Å². The van der Waals surface area contributed by atoms with Crippen molar-refractivity contribution in [2.45, 2.75) is 26.8 Å². The standard InChI is InChI=1S/C21H23ClN4O2/c1-3-12-26(13-19(27)23-18-7-5-4-6-15(18)2)14-20-24-25-21(28-20)16-8-10-17(22)11-9-16/h4-11H,3,12-14H2,1-2H3,(H,23,27). The van der Waals surface area contributed by atoms with Crippen LogP contribution in [0, 0.1) is 6.92 Å². The number of nitrogens with one attached hydrogen (secondary N) is 1. The van der Waals surface area contributed by atoms with Gasteiger partial charge in [0.1, 0.15) is 0 Å². The van der Waals surface area contributed by atoms with Gasteiger partial charge in [0.25, 0.3) is 0 Å². The van der Waals surface area contributed by atoms with E-state index in [1.54, 1.807) is 12.1 Å². The zero-order chi connectivity index (χ0) is 19.9. The van der Waals surface area contributed by atoms with Crippen LogP contribution < -0.4 is 5.32 Å². The van der Waals surface area contributed by atoms with E-state index in [4.69, 9.17) is 16.0 Å². The molecule has 0 bridgehead atoms. The van der Waals surface area contributed by atoms with Gasteiger partial charge in [-0.2, -0.15) is 0 Å². The Bertz CT molecular complexity index is 924. The van der Waals surface area contributed by atoms with Gasteiger partial charge in [-0.15, -0.1) is 10.2 Å². The highest BCUT2D eigenvalue weighted by Crippen LogP contribution is 2.21. The molecular formula is C21H23ClN4O2. The zero-order valence-electron chi connectivity index (χ0n) is 16.0. The van der Waals surface area contributed by atoms with Gasteiger partial charge in [0.05, 0.1) is 13.1 Å². The summed E-state index contributed by atoms with van der Waals surface area (Å²) in [6.45, 7) is 5.45. The number of nitrogens with zero attached hydrogens (tertiary/aromatic N) is 3. The molecule has 3 rings (SSSR count). The number of hydrogen-bond donors (Lipinski definition) is 1. The third-order valence-corrected chi connectivity index (χ3v) is 4.50. The predicted molar refractivity (Wildman–Crippen MR) is 110 cm³/mol. The normalized spacial score (nSPS) is 11.0. The zero-order valence-corrected chi connectivity index (χ0v) is 16.7. The quantitative estimate of drug-likeness (QED) is 0.602. The highest BCUT2D eigenvalue weighted by molar-refractivity contribution is 6.30. The molecule has 1 aromatic heterocycles. The Labute approximate surface area is 169 Å². The minimum absolute atomic E-state index is 0.0693. The molecule has 0 fully saturated rings. The summed E-state index contributed by atoms with van der Waals surface area (Å²) >= 11 is 5.91. The Hall–Kier alpha value is -2.70. The number of halogens is 1. The van der Waals surface area contributed by atoms with Crippen LogP contribution in [0.1, 0.15) is 24.8 Å². The maximum atomic E-state index is 12.5. The van der Waals surface area contributed by atoms with Crippen LogP contribution in [0.2, 0.25) is 5.02 Å². The van der Waals surface area contributed by atoms with Crippen molar-refractivity contribution in [3.05, 3.63) is 65.0 Å². The summed E-state index contributed by atoms with van der Waals surface area (Å²) < 4.78 is 5.77. The lowest BCUT2D eigenvalue weighted by Crippen LogP contribution is -2.33. The molecule has 0 aliphatic rings. The molecule has 0 aliphatic carbocycles. The Balaban J connectivity index is 1.63. The van der Waals surface area contributed by atoms with E-state index in [1.165, 1.54) is 0 Å². The second-order valence-electron chi connectivity index (χ2n) is 6.58. The fraction of sp³-hybridized carbons (Fsp3) is 0.286. The van der Waals surface area contributed by atoms with Gasteiger partial charge in [0, 0.05) is 16.3 Å². The third kappa shape index (κ3) is 5.41. The van der Waals surface area contributed by atoms with Crippen LogP contribution in [0.4, 0.5) is 5.69 Å². The molecule has 7 heteroatoms. The topological polar surface area (TPSA) is 71.3 Å². The SMILES string of the molecule is CCCN(CC(=O)Nc1ccccc1C)Cc1nnc(-c2ccc(Cl)cc2)o1. The molecule has 6 nitrogen and oxygen atoms in total. The van der Waals surface area contributed by atoms with Crippen LogP contribution in [-0.4, -0.2) is 34.1 Å². The molecule has 3 aromatic rings. The average Bonchev–Trinajstić information content (AvgIpc) is 3.13. The number of benzene rings is 2. The molecule has 2 aromatic carbocycles. The van der Waals surface area contributed by atoms with Crippen LogP contribution in [0.15, 0.2) is 52.9 Å². The summed E-state index contributed by atoms with van der Waals surface area (Å²) in [7, 11) is 0. The lowest BCUT2D eigenvalue weighted by molar-refractivity contribution is -0.117. The third-order valence-electron chi connectivity index (χ3n) is 4.24. The van der Waals surface area contributed by atoms with Crippen molar-refractivity contribution in [2.24, 2.45) is 0 Å². The molecule has 1 heterocycles. The van der Waals surface area contributed by atoms with Crippen molar-refractivity contribution >= 4 is 23.2 Å². The first-order valence-corrected chi connectivity index (χ1v) is 9.59. The second-order valence-corrected chi connectivity index (χ2v) is 7.02. The fourth-order valence-electron chi connectivity index (χ4n) is 2.85. The van der Waals surface area contributed by atoms with E-state index in [0.29, 0.717) is 23.3 Å². The lowest BCUT2D eigenvalue weighted by Gasteiger charge is -2.19. The Morgan fingerprint density at radius 1 is 1.14 bits per heavy atom. The fourth-order valence-corrected chi connectivity index (χ4v) is 2.98. The summed E-state index contributed by atoms with van der Waals surface area (Å²) in [6.07, 6.45) is 0.913. The predicted octanol–water partition coefficient (Wildman–Crippen LogP) is 4.55. The van der Waals surface area contributed by atoms with Gasteiger partial charge in [-0.25, -0.2) is 0 Å². The Morgan fingerprint density at radius 3 is 2.61 bits per heavy atom. The number of carbonyl (C=O) groups excluding carboxylic acids is 1. The molecule has 0 aliphatic heterocycles. The number of amides is 1. The largest absolute Gasteiger partial charge is 0.419 e. The maximum Gasteiger partial charge on any atom is 0.247 e. The van der Waals surface area contributed by atoms with Crippen molar-refractivity contribution in [2.75, 3.05) is 18.4 Å².